The first-order chi connectivity index (χ1) is 7.49. The molecule has 90 valence electrons. The summed E-state index contributed by atoms with van der Waals surface area (Å²) in [4.78, 5) is 11.2. The Labute approximate surface area is 104 Å². The normalized spacial score (nSPS) is 9.06. The van der Waals surface area contributed by atoms with Crippen molar-refractivity contribution in [2.45, 2.75) is 13.8 Å². The molecule has 0 unspecified atom stereocenters. The van der Waals surface area contributed by atoms with Crippen LogP contribution in [-0.2, 0) is 0 Å². The van der Waals surface area contributed by atoms with Crippen LogP contribution in [0.3, 0.4) is 0 Å². The Morgan fingerprint density at radius 3 is 2.19 bits per heavy atom. The number of hydrogen-bond donors (Lipinski definition) is 3. The lowest BCUT2D eigenvalue weighted by atomic mass is 10.2. The molecule has 0 radical (unpaired) electrons. The minimum absolute atomic E-state index is 0.00877. The molecule has 0 aliphatic carbocycles. The van der Waals surface area contributed by atoms with E-state index < -0.39 is 17.4 Å². The van der Waals surface area contributed by atoms with Crippen molar-refractivity contribution in [1.29, 1.82) is 0 Å². The molecule has 0 aliphatic rings. The summed E-state index contributed by atoms with van der Waals surface area (Å²) < 4.78 is 0. The first kappa shape index (κ1) is 14.9. The molecule has 0 atom stereocenters. The number of hydrogen-bond acceptors (Lipinski definition) is 3. The Kier molecular flexibility index (Phi) is 6.00. The number of aromatic hydroxyl groups is 2. The van der Waals surface area contributed by atoms with Crippen molar-refractivity contribution < 1.29 is 15.0 Å². The van der Waals surface area contributed by atoms with Crippen LogP contribution < -0.4 is 5.32 Å². The van der Waals surface area contributed by atoms with Crippen molar-refractivity contribution in [2.24, 2.45) is 0 Å². The lowest BCUT2D eigenvalue weighted by Gasteiger charge is -2.07. The first-order valence-electron chi connectivity index (χ1n) is 4.61. The van der Waals surface area contributed by atoms with Crippen LogP contribution >= 0.6 is 23.2 Å². The van der Waals surface area contributed by atoms with Gasteiger partial charge in [-0.1, -0.05) is 37.0 Å². The topological polar surface area (TPSA) is 69.6 Å². The van der Waals surface area contributed by atoms with E-state index in [1.54, 1.807) is 0 Å². The van der Waals surface area contributed by atoms with Crippen molar-refractivity contribution in [3.8, 4) is 11.5 Å². The Morgan fingerprint density at radius 1 is 1.25 bits per heavy atom. The highest BCUT2D eigenvalue weighted by atomic mass is 35.5. The summed E-state index contributed by atoms with van der Waals surface area (Å²) >= 11 is 11.2. The summed E-state index contributed by atoms with van der Waals surface area (Å²) in [6.45, 7) is 4.00. The third-order valence-corrected chi connectivity index (χ3v) is 2.31. The van der Waals surface area contributed by atoms with Crippen molar-refractivity contribution in [1.82, 2.24) is 5.32 Å². The van der Waals surface area contributed by atoms with E-state index in [0.29, 0.717) is 0 Å². The van der Waals surface area contributed by atoms with E-state index in [1.807, 2.05) is 13.8 Å². The number of halogens is 2. The molecule has 0 saturated heterocycles. The second-order valence-electron chi connectivity index (χ2n) is 2.50. The minimum atomic E-state index is -0.599. The van der Waals surface area contributed by atoms with E-state index in [1.165, 1.54) is 13.1 Å². The second-order valence-corrected chi connectivity index (χ2v) is 3.28. The number of phenolic OH excluding ortho intramolecular Hbond substituents is 2. The molecule has 1 rings (SSSR count). The smallest absolute Gasteiger partial charge is 0.252 e. The van der Waals surface area contributed by atoms with Gasteiger partial charge in [0.2, 0.25) is 0 Å². The predicted octanol–water partition coefficient (Wildman–Crippen LogP) is 2.79. The van der Waals surface area contributed by atoms with Gasteiger partial charge < -0.3 is 15.5 Å². The molecular weight excluding hydrogens is 253 g/mol. The summed E-state index contributed by atoms with van der Waals surface area (Å²) in [7, 11) is 1.41. The Morgan fingerprint density at radius 2 is 1.75 bits per heavy atom. The van der Waals surface area contributed by atoms with Gasteiger partial charge in [-0.15, -0.1) is 0 Å². The predicted molar refractivity (Wildman–Crippen MR) is 64.5 cm³/mol. The number of benzene rings is 1. The molecule has 0 aromatic heterocycles. The molecule has 1 aromatic rings. The van der Waals surface area contributed by atoms with Gasteiger partial charge in [0.05, 0.1) is 15.6 Å². The van der Waals surface area contributed by atoms with Gasteiger partial charge in [-0.3, -0.25) is 4.79 Å². The highest BCUT2D eigenvalue weighted by Crippen LogP contribution is 2.41. The summed E-state index contributed by atoms with van der Waals surface area (Å²) in [5.41, 5.74) is 0.00877. The van der Waals surface area contributed by atoms with Crippen molar-refractivity contribution in [2.75, 3.05) is 7.05 Å². The molecule has 0 spiro atoms. The summed E-state index contributed by atoms with van der Waals surface area (Å²) in [6, 6.07) is 1.18. The second kappa shape index (κ2) is 6.45. The molecule has 16 heavy (non-hydrogen) atoms. The van der Waals surface area contributed by atoms with Crippen molar-refractivity contribution >= 4 is 29.1 Å². The van der Waals surface area contributed by atoms with Crippen LogP contribution in [0.2, 0.25) is 10.0 Å². The number of rotatable bonds is 1. The number of phenols is 2. The molecule has 1 amide bonds. The standard InChI is InChI=1S/C8H7Cl2NO3.C2H6/c1-11-8(14)3-2-4(9)6(12)7(13)5(3)10;1-2/h2,12-13H,1H3,(H,11,14);1-2H3. The molecule has 6 heteroatoms. The van der Waals surface area contributed by atoms with Gasteiger partial charge >= 0.3 is 0 Å². The van der Waals surface area contributed by atoms with Gasteiger partial charge in [0.15, 0.2) is 11.5 Å². The van der Waals surface area contributed by atoms with Crippen LogP contribution in [0.5, 0.6) is 11.5 Å². The lowest BCUT2D eigenvalue weighted by Crippen LogP contribution is -2.18. The Balaban J connectivity index is 0.00000106. The van der Waals surface area contributed by atoms with Crippen LogP contribution in [0.4, 0.5) is 0 Å². The number of carbonyl (C=O) groups is 1. The number of nitrogens with one attached hydrogen (secondary N) is 1. The maximum absolute atomic E-state index is 11.2. The minimum Gasteiger partial charge on any atom is -0.503 e. The average molecular weight is 266 g/mol. The van der Waals surface area contributed by atoms with E-state index in [9.17, 15) is 9.90 Å². The fourth-order valence-corrected chi connectivity index (χ4v) is 1.33. The zero-order chi connectivity index (χ0) is 12.9. The number of amides is 1. The van der Waals surface area contributed by atoms with Gasteiger partial charge in [-0.2, -0.15) is 0 Å². The van der Waals surface area contributed by atoms with E-state index >= 15 is 0 Å². The van der Waals surface area contributed by atoms with Crippen LogP contribution in [0, 0.1) is 0 Å². The fourth-order valence-electron chi connectivity index (χ4n) is 0.903. The van der Waals surface area contributed by atoms with Gasteiger partial charge in [0.1, 0.15) is 0 Å². The molecule has 0 bridgehead atoms. The number of carbonyl (C=O) groups excluding carboxylic acids is 1. The average Bonchev–Trinajstić information content (AvgIpc) is 2.32. The maximum atomic E-state index is 11.2. The maximum Gasteiger partial charge on any atom is 0.252 e. The molecule has 0 aliphatic heterocycles. The fraction of sp³-hybridized carbons (Fsp3) is 0.300. The Hall–Kier alpha value is -1.13. The van der Waals surface area contributed by atoms with Crippen LogP contribution in [0.1, 0.15) is 24.2 Å². The summed E-state index contributed by atoms with van der Waals surface area (Å²) in [6.07, 6.45) is 0. The molecular formula is C10H13Cl2NO3. The van der Waals surface area contributed by atoms with Gasteiger partial charge in [0.25, 0.3) is 5.91 Å². The summed E-state index contributed by atoms with van der Waals surface area (Å²) in [5, 5.41) is 20.4. The van der Waals surface area contributed by atoms with Gasteiger partial charge in [-0.25, -0.2) is 0 Å². The van der Waals surface area contributed by atoms with Crippen molar-refractivity contribution in [3.05, 3.63) is 21.7 Å². The molecule has 3 N–H and O–H groups in total. The molecule has 0 saturated carbocycles. The van der Waals surface area contributed by atoms with E-state index in [2.05, 4.69) is 5.32 Å². The Bertz CT molecular complexity index is 394. The molecule has 4 nitrogen and oxygen atoms in total. The quantitative estimate of drug-likeness (QED) is 0.684. The zero-order valence-electron chi connectivity index (χ0n) is 9.14. The highest BCUT2D eigenvalue weighted by Gasteiger charge is 2.18. The van der Waals surface area contributed by atoms with E-state index in [4.69, 9.17) is 28.3 Å². The third-order valence-electron chi connectivity index (χ3n) is 1.64. The third kappa shape index (κ3) is 2.93. The van der Waals surface area contributed by atoms with E-state index in [-0.39, 0.29) is 15.6 Å². The van der Waals surface area contributed by atoms with Crippen molar-refractivity contribution in [3.63, 3.8) is 0 Å². The largest absolute Gasteiger partial charge is 0.503 e. The first-order valence-corrected chi connectivity index (χ1v) is 5.36. The molecule has 0 heterocycles. The highest BCUT2D eigenvalue weighted by molar-refractivity contribution is 6.38. The van der Waals surface area contributed by atoms with Crippen LogP contribution in [-0.4, -0.2) is 23.2 Å². The van der Waals surface area contributed by atoms with Gasteiger partial charge in [0, 0.05) is 7.05 Å². The SMILES string of the molecule is CC.CNC(=O)c1cc(Cl)c(O)c(O)c1Cl. The summed E-state index contributed by atoms with van der Waals surface area (Å²) in [5.74, 6) is -1.63. The monoisotopic (exact) mass is 265 g/mol. The zero-order valence-corrected chi connectivity index (χ0v) is 10.6. The molecule has 0 fully saturated rings. The van der Waals surface area contributed by atoms with Crippen LogP contribution in [0.15, 0.2) is 6.07 Å². The molecule has 1 aromatic carbocycles. The van der Waals surface area contributed by atoms with Gasteiger partial charge in [-0.05, 0) is 6.07 Å². The van der Waals surface area contributed by atoms with E-state index in [0.717, 1.165) is 0 Å². The van der Waals surface area contributed by atoms with Crippen LogP contribution in [0.25, 0.3) is 0 Å². The lowest BCUT2D eigenvalue weighted by molar-refractivity contribution is 0.0963.